The standard InChI is InChI=1S/C21H34N4O4S/c1-5-16(4)23-30(28,29)19-10-8-18(9-11-19)22-20(26)17-12-14-25(15-13-17)21(27)24(6-2)7-3/h8-11,16-17,23H,5-7,12-15H2,1-4H3,(H,22,26)/t16-/m1/s1. The zero-order chi connectivity index (χ0) is 22.3. The van der Waals surface area contributed by atoms with Crippen molar-refractivity contribution in [2.24, 2.45) is 5.92 Å². The van der Waals surface area contributed by atoms with E-state index >= 15 is 0 Å². The van der Waals surface area contributed by atoms with E-state index in [1.807, 2.05) is 27.7 Å². The minimum Gasteiger partial charge on any atom is -0.326 e. The number of piperidine rings is 1. The van der Waals surface area contributed by atoms with Crippen molar-refractivity contribution in [3.63, 3.8) is 0 Å². The van der Waals surface area contributed by atoms with Crippen LogP contribution >= 0.6 is 0 Å². The quantitative estimate of drug-likeness (QED) is 0.652. The second kappa shape index (κ2) is 10.8. The van der Waals surface area contributed by atoms with Crippen molar-refractivity contribution in [3.8, 4) is 0 Å². The van der Waals surface area contributed by atoms with Gasteiger partial charge >= 0.3 is 6.03 Å². The van der Waals surface area contributed by atoms with Gasteiger partial charge in [0.2, 0.25) is 15.9 Å². The van der Waals surface area contributed by atoms with Crippen molar-refractivity contribution in [1.82, 2.24) is 14.5 Å². The lowest BCUT2D eigenvalue weighted by molar-refractivity contribution is -0.121. The molecule has 1 atom stereocenters. The Morgan fingerprint density at radius 1 is 1.10 bits per heavy atom. The summed E-state index contributed by atoms with van der Waals surface area (Å²) >= 11 is 0. The molecule has 30 heavy (non-hydrogen) atoms. The molecule has 1 saturated heterocycles. The van der Waals surface area contributed by atoms with Crippen LogP contribution in [0.2, 0.25) is 0 Å². The van der Waals surface area contributed by atoms with Crippen molar-refractivity contribution >= 4 is 27.6 Å². The third-order valence-corrected chi connectivity index (χ3v) is 7.18. The summed E-state index contributed by atoms with van der Waals surface area (Å²) in [4.78, 5) is 28.8. The van der Waals surface area contributed by atoms with E-state index in [4.69, 9.17) is 0 Å². The summed E-state index contributed by atoms with van der Waals surface area (Å²) in [6.45, 7) is 10.1. The Labute approximate surface area is 180 Å². The lowest BCUT2D eigenvalue weighted by Crippen LogP contribution is -2.47. The number of benzene rings is 1. The number of sulfonamides is 1. The number of amides is 3. The van der Waals surface area contributed by atoms with Crippen LogP contribution < -0.4 is 10.0 Å². The first-order chi connectivity index (χ1) is 14.2. The molecule has 0 bridgehead atoms. The Morgan fingerprint density at radius 3 is 2.17 bits per heavy atom. The predicted molar refractivity (Wildman–Crippen MR) is 118 cm³/mol. The molecule has 1 aliphatic heterocycles. The van der Waals surface area contributed by atoms with Crippen molar-refractivity contribution in [3.05, 3.63) is 24.3 Å². The number of nitrogens with zero attached hydrogens (tertiary/aromatic N) is 2. The SMILES string of the molecule is CC[C@@H](C)NS(=O)(=O)c1ccc(NC(=O)C2CCN(C(=O)N(CC)CC)CC2)cc1. The fourth-order valence-electron chi connectivity index (χ4n) is 3.41. The van der Waals surface area contributed by atoms with Crippen LogP contribution in [-0.4, -0.2) is 62.4 Å². The molecule has 1 aromatic rings. The molecule has 0 aliphatic carbocycles. The Bertz CT molecular complexity index is 814. The van der Waals surface area contributed by atoms with Crippen LogP contribution in [-0.2, 0) is 14.8 Å². The Balaban J connectivity index is 1.91. The summed E-state index contributed by atoms with van der Waals surface area (Å²) in [6.07, 6.45) is 1.93. The van der Waals surface area contributed by atoms with Gasteiger partial charge in [0.05, 0.1) is 4.90 Å². The van der Waals surface area contributed by atoms with Crippen molar-refractivity contribution in [2.75, 3.05) is 31.5 Å². The van der Waals surface area contributed by atoms with Crippen LogP contribution in [0.1, 0.15) is 47.0 Å². The highest BCUT2D eigenvalue weighted by atomic mass is 32.2. The van der Waals surface area contributed by atoms with Gasteiger partial charge in [0.15, 0.2) is 0 Å². The van der Waals surface area contributed by atoms with Gasteiger partial charge in [-0.25, -0.2) is 17.9 Å². The maximum absolute atomic E-state index is 12.6. The summed E-state index contributed by atoms with van der Waals surface area (Å²) in [5.41, 5.74) is 0.559. The number of anilines is 1. The highest BCUT2D eigenvalue weighted by Gasteiger charge is 2.29. The van der Waals surface area contributed by atoms with Crippen LogP contribution in [0.25, 0.3) is 0 Å². The molecule has 0 aromatic heterocycles. The third-order valence-electron chi connectivity index (χ3n) is 5.57. The number of rotatable bonds is 8. The fourth-order valence-corrected chi connectivity index (χ4v) is 4.73. The van der Waals surface area contributed by atoms with Gasteiger partial charge in [-0.1, -0.05) is 6.92 Å². The molecule has 0 saturated carbocycles. The lowest BCUT2D eigenvalue weighted by Gasteiger charge is -2.34. The lowest BCUT2D eigenvalue weighted by atomic mass is 9.96. The number of carbonyl (C=O) groups excluding carboxylic acids is 2. The second-order valence-electron chi connectivity index (χ2n) is 7.66. The average molecular weight is 439 g/mol. The van der Waals surface area contributed by atoms with Crippen LogP contribution in [0, 0.1) is 5.92 Å². The summed E-state index contributed by atoms with van der Waals surface area (Å²) in [5.74, 6) is -0.264. The van der Waals surface area contributed by atoms with Crippen LogP contribution in [0.15, 0.2) is 29.2 Å². The fraction of sp³-hybridized carbons (Fsp3) is 0.619. The molecule has 8 nitrogen and oxygen atoms in total. The van der Waals surface area contributed by atoms with Crippen LogP contribution in [0.5, 0.6) is 0 Å². The van der Waals surface area contributed by atoms with Gasteiger partial charge < -0.3 is 15.1 Å². The molecular weight excluding hydrogens is 404 g/mol. The molecule has 1 aliphatic rings. The first-order valence-corrected chi connectivity index (χ1v) is 12.2. The number of likely N-dealkylation sites (tertiary alicyclic amines) is 1. The van der Waals surface area contributed by atoms with Crippen molar-refractivity contribution in [1.29, 1.82) is 0 Å². The van der Waals surface area contributed by atoms with Crippen molar-refractivity contribution in [2.45, 2.75) is 57.9 Å². The Kier molecular flexibility index (Phi) is 8.66. The molecule has 1 heterocycles. The second-order valence-corrected chi connectivity index (χ2v) is 9.37. The molecule has 9 heteroatoms. The molecule has 1 aromatic carbocycles. The zero-order valence-electron chi connectivity index (χ0n) is 18.3. The zero-order valence-corrected chi connectivity index (χ0v) is 19.2. The Morgan fingerprint density at radius 2 is 1.67 bits per heavy atom. The highest BCUT2D eigenvalue weighted by Crippen LogP contribution is 2.21. The summed E-state index contributed by atoms with van der Waals surface area (Å²) < 4.78 is 27.3. The molecular formula is C21H34N4O4S. The number of hydrogen-bond donors (Lipinski definition) is 2. The molecule has 0 spiro atoms. The molecule has 168 valence electrons. The van der Waals surface area contributed by atoms with Gasteiger partial charge in [0, 0.05) is 43.8 Å². The number of hydrogen-bond acceptors (Lipinski definition) is 4. The van der Waals surface area contributed by atoms with Crippen LogP contribution in [0.3, 0.4) is 0 Å². The van der Waals surface area contributed by atoms with Crippen LogP contribution in [0.4, 0.5) is 10.5 Å². The maximum atomic E-state index is 12.6. The van der Waals surface area contributed by atoms with Gasteiger partial charge in [-0.2, -0.15) is 0 Å². The molecule has 1 fully saturated rings. The third kappa shape index (κ3) is 6.18. The summed E-state index contributed by atoms with van der Waals surface area (Å²) in [6, 6.07) is 6.07. The van der Waals surface area contributed by atoms with E-state index < -0.39 is 10.0 Å². The molecule has 2 rings (SSSR count). The van der Waals surface area contributed by atoms with Gasteiger partial charge in [0.25, 0.3) is 0 Å². The van der Waals surface area contributed by atoms with E-state index in [1.54, 1.807) is 21.9 Å². The number of nitrogens with one attached hydrogen (secondary N) is 2. The summed E-state index contributed by atoms with van der Waals surface area (Å²) in [5, 5.41) is 2.86. The van der Waals surface area contributed by atoms with Gasteiger partial charge in [-0.15, -0.1) is 0 Å². The average Bonchev–Trinajstić information content (AvgIpc) is 2.74. The van der Waals surface area contributed by atoms with E-state index in [0.29, 0.717) is 51.1 Å². The molecule has 3 amide bonds. The van der Waals surface area contributed by atoms with E-state index in [1.165, 1.54) is 12.1 Å². The smallest absolute Gasteiger partial charge is 0.319 e. The largest absolute Gasteiger partial charge is 0.326 e. The van der Waals surface area contributed by atoms with E-state index in [-0.39, 0.29) is 28.8 Å². The highest BCUT2D eigenvalue weighted by molar-refractivity contribution is 7.89. The first-order valence-electron chi connectivity index (χ1n) is 10.7. The van der Waals surface area contributed by atoms with Gasteiger partial charge in [-0.3, -0.25) is 4.79 Å². The summed E-state index contributed by atoms with van der Waals surface area (Å²) in [7, 11) is -3.57. The predicted octanol–water partition coefficient (Wildman–Crippen LogP) is 2.88. The monoisotopic (exact) mass is 438 g/mol. The van der Waals surface area contributed by atoms with E-state index in [0.717, 1.165) is 0 Å². The first kappa shape index (κ1) is 24.1. The molecule has 0 unspecified atom stereocenters. The minimum atomic E-state index is -3.57. The normalized spacial score (nSPS) is 16.2. The molecule has 0 radical (unpaired) electrons. The molecule has 2 N–H and O–H groups in total. The minimum absolute atomic E-state index is 0.0293. The van der Waals surface area contributed by atoms with Gasteiger partial charge in [0.1, 0.15) is 0 Å². The maximum Gasteiger partial charge on any atom is 0.319 e. The van der Waals surface area contributed by atoms with Crippen molar-refractivity contribution < 1.29 is 18.0 Å². The Hall–Kier alpha value is -2.13. The van der Waals surface area contributed by atoms with E-state index in [2.05, 4.69) is 10.0 Å². The number of carbonyl (C=O) groups is 2. The number of urea groups is 1. The van der Waals surface area contributed by atoms with E-state index in [9.17, 15) is 18.0 Å². The van der Waals surface area contributed by atoms with Gasteiger partial charge in [-0.05, 0) is 64.3 Å². The topological polar surface area (TPSA) is 98.8 Å².